The molecule has 3 aliphatic rings. The molecule has 8 heteroatoms. The molecular formula is C31H40N4O4. The van der Waals surface area contributed by atoms with E-state index in [2.05, 4.69) is 24.5 Å². The molecule has 0 spiro atoms. The molecule has 2 aromatic rings. The van der Waals surface area contributed by atoms with Crippen LogP contribution in [0.4, 0.5) is 0 Å². The van der Waals surface area contributed by atoms with E-state index in [1.165, 1.54) is 4.90 Å². The van der Waals surface area contributed by atoms with Gasteiger partial charge in [-0.2, -0.15) is 0 Å². The molecule has 0 aromatic heterocycles. The number of guanidine groups is 1. The minimum atomic E-state index is -1.11. The molecule has 1 unspecified atom stereocenters. The van der Waals surface area contributed by atoms with Crippen molar-refractivity contribution < 1.29 is 19.4 Å². The molecule has 2 aromatic carbocycles. The number of nitrogens with one attached hydrogen (secondary N) is 3. The zero-order valence-electron chi connectivity index (χ0n) is 23.8. The van der Waals surface area contributed by atoms with Crippen molar-refractivity contribution in [1.82, 2.24) is 15.5 Å². The van der Waals surface area contributed by atoms with Crippen LogP contribution in [0.1, 0.15) is 105 Å². The third kappa shape index (κ3) is 4.80. The van der Waals surface area contributed by atoms with Gasteiger partial charge < -0.3 is 20.5 Å². The van der Waals surface area contributed by atoms with Gasteiger partial charge in [0.05, 0.1) is 17.7 Å². The maximum atomic E-state index is 13.6. The van der Waals surface area contributed by atoms with Crippen LogP contribution in [0.5, 0.6) is 5.75 Å². The van der Waals surface area contributed by atoms with Crippen molar-refractivity contribution in [2.45, 2.75) is 102 Å². The fourth-order valence-corrected chi connectivity index (χ4v) is 6.45. The molecule has 3 atom stereocenters. The summed E-state index contributed by atoms with van der Waals surface area (Å²) >= 11 is 0. The molecule has 0 radical (unpaired) electrons. The number of rotatable bonds is 5. The zero-order chi connectivity index (χ0) is 28.3. The lowest BCUT2D eigenvalue weighted by Gasteiger charge is -2.48. The minimum Gasteiger partial charge on any atom is -0.487 e. The van der Waals surface area contributed by atoms with Gasteiger partial charge in [-0.3, -0.25) is 19.9 Å². The van der Waals surface area contributed by atoms with E-state index in [1.807, 2.05) is 39.0 Å². The number of carbonyl (C=O) groups excluding carboxylic acids is 2. The number of benzene rings is 2. The Hall–Kier alpha value is -3.39. The van der Waals surface area contributed by atoms with Crippen LogP contribution in [0.15, 0.2) is 36.4 Å². The zero-order valence-corrected chi connectivity index (χ0v) is 23.8. The van der Waals surface area contributed by atoms with Crippen molar-refractivity contribution in [2.75, 3.05) is 0 Å². The summed E-state index contributed by atoms with van der Waals surface area (Å²) in [6, 6.07) is 10.4. The molecule has 4 N–H and O–H groups in total. The Morgan fingerprint density at radius 2 is 1.85 bits per heavy atom. The van der Waals surface area contributed by atoms with Gasteiger partial charge in [-0.1, -0.05) is 37.6 Å². The van der Waals surface area contributed by atoms with E-state index >= 15 is 0 Å². The summed E-state index contributed by atoms with van der Waals surface area (Å²) in [5.74, 6) is 0.273. The summed E-state index contributed by atoms with van der Waals surface area (Å²) < 4.78 is 6.51. The first-order valence-electron chi connectivity index (χ1n) is 13.9. The van der Waals surface area contributed by atoms with Crippen molar-refractivity contribution >= 4 is 17.8 Å². The van der Waals surface area contributed by atoms with Crippen molar-refractivity contribution in [3.63, 3.8) is 0 Å². The lowest BCUT2D eigenvalue weighted by atomic mass is 9.81. The first-order chi connectivity index (χ1) is 18.3. The van der Waals surface area contributed by atoms with Crippen LogP contribution < -0.4 is 15.4 Å². The highest BCUT2D eigenvalue weighted by atomic mass is 16.5. The molecule has 0 saturated carbocycles. The molecule has 0 bridgehead atoms. The summed E-state index contributed by atoms with van der Waals surface area (Å²) in [4.78, 5) is 28.5. The van der Waals surface area contributed by atoms with E-state index in [4.69, 9.17) is 10.1 Å². The summed E-state index contributed by atoms with van der Waals surface area (Å²) in [7, 11) is 0. The standard InChI is InChI=1S/C31H40N4O4/c1-7-31(8-2)16-23(35-25(36)17-29(4,5)34-28(35)32)22-14-19(11-12-24(22)39-31)27(37)33-26-21-13-18(3)9-10-20(21)15-30(26,6)38/h9-14,23,26,38H,7-8,15-17H2,1-6H3,(H2,32,34)(H,33,37)/t23-,26-,30?/m1/s1. The number of hydrogen-bond acceptors (Lipinski definition) is 5. The summed E-state index contributed by atoms with van der Waals surface area (Å²) in [6.45, 7) is 11.7. The quantitative estimate of drug-likeness (QED) is 0.446. The molecule has 5 rings (SSSR count). The van der Waals surface area contributed by atoms with Gasteiger partial charge in [0.1, 0.15) is 11.4 Å². The molecule has 1 aliphatic carbocycles. The maximum Gasteiger partial charge on any atom is 0.251 e. The third-order valence-corrected chi connectivity index (χ3v) is 8.74. The Morgan fingerprint density at radius 1 is 1.13 bits per heavy atom. The van der Waals surface area contributed by atoms with Crippen LogP contribution in [0, 0.1) is 12.3 Å². The molecule has 8 nitrogen and oxygen atoms in total. The third-order valence-electron chi connectivity index (χ3n) is 8.74. The van der Waals surface area contributed by atoms with Crippen molar-refractivity contribution in [2.24, 2.45) is 0 Å². The van der Waals surface area contributed by atoms with Crippen LogP contribution in [0.3, 0.4) is 0 Å². The number of aryl methyl sites for hydroxylation is 1. The number of aliphatic hydroxyl groups is 1. The smallest absolute Gasteiger partial charge is 0.251 e. The highest BCUT2D eigenvalue weighted by Gasteiger charge is 2.47. The van der Waals surface area contributed by atoms with E-state index in [0.717, 1.165) is 29.5 Å². The Morgan fingerprint density at radius 3 is 2.51 bits per heavy atom. The van der Waals surface area contributed by atoms with E-state index in [-0.39, 0.29) is 24.2 Å². The Kier molecular flexibility index (Phi) is 6.53. The Bertz CT molecular complexity index is 1320. The van der Waals surface area contributed by atoms with Gasteiger partial charge in [0.15, 0.2) is 5.96 Å². The largest absolute Gasteiger partial charge is 0.487 e. The lowest BCUT2D eigenvalue weighted by molar-refractivity contribution is -0.133. The van der Waals surface area contributed by atoms with Crippen molar-refractivity contribution in [3.8, 4) is 5.75 Å². The summed E-state index contributed by atoms with van der Waals surface area (Å²) in [6.07, 6.45) is 2.77. The molecule has 208 valence electrons. The van der Waals surface area contributed by atoms with E-state index < -0.39 is 28.8 Å². The van der Waals surface area contributed by atoms with Gasteiger partial charge in [0.25, 0.3) is 5.91 Å². The van der Waals surface area contributed by atoms with Crippen LogP contribution >= 0.6 is 0 Å². The predicted molar refractivity (Wildman–Crippen MR) is 150 cm³/mol. The van der Waals surface area contributed by atoms with Gasteiger partial charge in [0.2, 0.25) is 5.91 Å². The average molecular weight is 533 g/mol. The second-order valence-electron chi connectivity index (χ2n) is 12.4. The number of nitrogens with zero attached hydrogens (tertiary/aromatic N) is 1. The van der Waals surface area contributed by atoms with Gasteiger partial charge in [-0.25, -0.2) is 0 Å². The van der Waals surface area contributed by atoms with Crippen LogP contribution in [-0.4, -0.2) is 44.5 Å². The molecule has 39 heavy (non-hydrogen) atoms. The second kappa shape index (κ2) is 9.37. The fraction of sp³-hybridized carbons (Fsp3) is 0.516. The lowest BCUT2D eigenvalue weighted by Crippen LogP contribution is -2.61. The predicted octanol–water partition coefficient (Wildman–Crippen LogP) is 4.69. The molecule has 2 amide bonds. The van der Waals surface area contributed by atoms with Gasteiger partial charge in [-0.15, -0.1) is 0 Å². The Labute approximate surface area is 230 Å². The van der Waals surface area contributed by atoms with Crippen LogP contribution in [0.25, 0.3) is 0 Å². The molecular weight excluding hydrogens is 492 g/mol. The molecule has 1 saturated heterocycles. The Balaban J connectivity index is 1.50. The fourth-order valence-electron chi connectivity index (χ4n) is 6.45. The first-order valence-corrected chi connectivity index (χ1v) is 13.9. The highest BCUT2D eigenvalue weighted by Crippen LogP contribution is 2.47. The van der Waals surface area contributed by atoms with Gasteiger partial charge in [0, 0.05) is 35.9 Å². The van der Waals surface area contributed by atoms with Gasteiger partial charge in [-0.05, 0) is 69.9 Å². The van der Waals surface area contributed by atoms with Gasteiger partial charge >= 0.3 is 0 Å². The van der Waals surface area contributed by atoms with Crippen LogP contribution in [-0.2, 0) is 11.2 Å². The average Bonchev–Trinajstić information content (AvgIpc) is 3.11. The number of carbonyl (C=O) groups is 2. The number of hydrogen-bond donors (Lipinski definition) is 4. The number of ether oxygens (including phenoxy) is 1. The topological polar surface area (TPSA) is 115 Å². The minimum absolute atomic E-state index is 0.0686. The first kappa shape index (κ1) is 27.2. The molecule has 2 aliphatic heterocycles. The normalized spacial score (nSPS) is 26.8. The summed E-state index contributed by atoms with van der Waals surface area (Å²) in [5.41, 5.74) is 2.09. The summed E-state index contributed by atoms with van der Waals surface area (Å²) in [5, 5.41) is 26.1. The monoisotopic (exact) mass is 532 g/mol. The number of fused-ring (bicyclic) bond motifs is 2. The SMILES string of the molecule is CCC1(CC)C[C@@H](N2C(=N)NC(C)(C)CC2=O)c2cc(C(=O)N[C@@H]3c4cc(C)ccc4CC3(C)O)ccc2O1. The molecule has 2 heterocycles. The molecule has 1 fully saturated rings. The number of amides is 2. The van der Waals surface area contributed by atoms with Crippen molar-refractivity contribution in [3.05, 3.63) is 64.2 Å². The highest BCUT2D eigenvalue weighted by molar-refractivity contribution is 6.00. The van der Waals surface area contributed by atoms with E-state index in [1.54, 1.807) is 25.1 Å². The van der Waals surface area contributed by atoms with E-state index in [0.29, 0.717) is 29.7 Å². The van der Waals surface area contributed by atoms with Crippen LogP contribution in [0.2, 0.25) is 0 Å². The second-order valence-corrected chi connectivity index (χ2v) is 12.4. The van der Waals surface area contributed by atoms with E-state index in [9.17, 15) is 14.7 Å². The van der Waals surface area contributed by atoms with Crippen molar-refractivity contribution in [1.29, 1.82) is 5.41 Å². The maximum absolute atomic E-state index is 13.6.